The van der Waals surface area contributed by atoms with Gasteiger partial charge in [0.2, 0.25) is 0 Å². The lowest BCUT2D eigenvalue weighted by molar-refractivity contribution is 0.0936. The normalized spacial score (nSPS) is 11.4. The highest BCUT2D eigenvalue weighted by Crippen LogP contribution is 2.13. The molecule has 0 heterocycles. The predicted octanol–water partition coefficient (Wildman–Crippen LogP) is 2.28. The molecule has 0 atom stereocenters. The maximum atomic E-state index is 12.0. The summed E-state index contributed by atoms with van der Waals surface area (Å²) in [6, 6.07) is 5.81. The Bertz CT molecular complexity index is 425. The molecule has 18 heavy (non-hydrogen) atoms. The lowest BCUT2D eigenvalue weighted by Crippen LogP contribution is -2.39. The van der Waals surface area contributed by atoms with E-state index in [1.54, 1.807) is 0 Å². The van der Waals surface area contributed by atoms with Crippen molar-refractivity contribution >= 4 is 5.91 Å². The molecule has 1 amide bonds. The molecule has 0 aromatic heterocycles. The minimum atomic E-state index is 0.00211. The zero-order valence-electron chi connectivity index (χ0n) is 12.1. The molecule has 2 N–H and O–H groups in total. The topological polar surface area (TPSA) is 41.1 Å². The molecule has 0 saturated heterocycles. The van der Waals surface area contributed by atoms with Crippen molar-refractivity contribution in [2.75, 3.05) is 20.1 Å². The van der Waals surface area contributed by atoms with E-state index in [0.29, 0.717) is 6.54 Å². The summed E-state index contributed by atoms with van der Waals surface area (Å²) >= 11 is 0. The van der Waals surface area contributed by atoms with Gasteiger partial charge in [0, 0.05) is 18.7 Å². The van der Waals surface area contributed by atoms with E-state index in [-0.39, 0.29) is 11.3 Å². The van der Waals surface area contributed by atoms with Gasteiger partial charge >= 0.3 is 0 Å². The first kappa shape index (κ1) is 14.7. The lowest BCUT2D eigenvalue weighted by atomic mass is 9.93. The Morgan fingerprint density at radius 3 is 2.39 bits per heavy atom. The second kappa shape index (κ2) is 6.01. The molecule has 0 radical (unpaired) electrons. The first-order valence-electron chi connectivity index (χ1n) is 6.36. The first-order chi connectivity index (χ1) is 8.35. The third-order valence-electron chi connectivity index (χ3n) is 3.15. The highest BCUT2D eigenvalue weighted by atomic mass is 16.1. The van der Waals surface area contributed by atoms with Crippen molar-refractivity contribution in [3.05, 3.63) is 34.9 Å². The van der Waals surface area contributed by atoms with Crippen LogP contribution >= 0.6 is 0 Å². The van der Waals surface area contributed by atoms with Gasteiger partial charge in [0.15, 0.2) is 0 Å². The van der Waals surface area contributed by atoms with Gasteiger partial charge < -0.3 is 10.6 Å². The number of amides is 1. The molecular weight excluding hydrogens is 224 g/mol. The Morgan fingerprint density at radius 2 is 1.83 bits per heavy atom. The number of aryl methyl sites for hydroxylation is 2. The van der Waals surface area contributed by atoms with E-state index < -0.39 is 0 Å². The molecule has 100 valence electrons. The summed E-state index contributed by atoms with van der Waals surface area (Å²) in [5.74, 6) is 0.00211. The van der Waals surface area contributed by atoms with Gasteiger partial charge in [-0.2, -0.15) is 0 Å². The number of hydrogen-bond donors (Lipinski definition) is 2. The van der Waals surface area contributed by atoms with Crippen molar-refractivity contribution in [2.24, 2.45) is 5.41 Å². The van der Waals surface area contributed by atoms with Crippen LogP contribution in [0.4, 0.5) is 0 Å². The Kier molecular flexibility index (Phi) is 4.91. The summed E-state index contributed by atoms with van der Waals surface area (Å²) in [6.45, 7) is 9.87. The van der Waals surface area contributed by atoms with Crippen LogP contribution in [-0.2, 0) is 0 Å². The maximum absolute atomic E-state index is 12.0. The highest BCUT2D eigenvalue weighted by Gasteiger charge is 2.18. The quantitative estimate of drug-likeness (QED) is 0.839. The second-order valence-corrected chi connectivity index (χ2v) is 5.68. The first-order valence-corrected chi connectivity index (χ1v) is 6.36. The van der Waals surface area contributed by atoms with E-state index in [4.69, 9.17) is 0 Å². The SMILES string of the molecule is CNCC(C)(C)CNC(=O)c1ccc(C)c(C)c1. The molecule has 0 aliphatic carbocycles. The molecule has 3 heteroatoms. The summed E-state index contributed by atoms with van der Waals surface area (Å²) in [4.78, 5) is 12.0. The van der Waals surface area contributed by atoms with Crippen molar-refractivity contribution in [2.45, 2.75) is 27.7 Å². The van der Waals surface area contributed by atoms with Gasteiger partial charge in [0.05, 0.1) is 0 Å². The largest absolute Gasteiger partial charge is 0.351 e. The third-order valence-corrected chi connectivity index (χ3v) is 3.15. The third kappa shape index (κ3) is 4.15. The molecule has 0 saturated carbocycles. The fraction of sp³-hybridized carbons (Fsp3) is 0.533. The lowest BCUT2D eigenvalue weighted by Gasteiger charge is -2.24. The van der Waals surface area contributed by atoms with E-state index >= 15 is 0 Å². The van der Waals surface area contributed by atoms with Gasteiger partial charge in [-0.1, -0.05) is 19.9 Å². The van der Waals surface area contributed by atoms with Crippen LogP contribution in [0.5, 0.6) is 0 Å². The monoisotopic (exact) mass is 248 g/mol. The predicted molar refractivity (Wildman–Crippen MR) is 76.0 cm³/mol. The van der Waals surface area contributed by atoms with Gasteiger partial charge in [-0.25, -0.2) is 0 Å². The van der Waals surface area contributed by atoms with Crippen molar-refractivity contribution in [3.8, 4) is 0 Å². The Hall–Kier alpha value is -1.35. The Morgan fingerprint density at radius 1 is 1.17 bits per heavy atom. The number of carbonyl (C=O) groups is 1. The number of hydrogen-bond acceptors (Lipinski definition) is 2. The van der Waals surface area contributed by atoms with Crippen molar-refractivity contribution in [1.29, 1.82) is 0 Å². The average molecular weight is 248 g/mol. The standard InChI is InChI=1S/C15H24N2O/c1-11-6-7-13(8-12(11)2)14(18)17-10-15(3,4)9-16-5/h6-8,16H,9-10H2,1-5H3,(H,17,18). The van der Waals surface area contributed by atoms with Crippen LogP contribution in [0.15, 0.2) is 18.2 Å². The molecule has 0 aliphatic heterocycles. The number of benzene rings is 1. The summed E-state index contributed by atoms with van der Waals surface area (Å²) < 4.78 is 0. The van der Waals surface area contributed by atoms with E-state index in [9.17, 15) is 4.79 Å². The fourth-order valence-electron chi connectivity index (χ4n) is 1.85. The summed E-state index contributed by atoms with van der Waals surface area (Å²) in [6.07, 6.45) is 0. The molecule has 1 aromatic carbocycles. The average Bonchev–Trinajstić information content (AvgIpc) is 2.30. The summed E-state index contributed by atoms with van der Waals surface area (Å²) in [5.41, 5.74) is 3.15. The molecule has 1 rings (SSSR count). The van der Waals surface area contributed by atoms with Crippen LogP contribution in [0.2, 0.25) is 0 Å². The van der Waals surface area contributed by atoms with Gasteiger partial charge in [-0.15, -0.1) is 0 Å². The minimum absolute atomic E-state index is 0.00211. The Labute approximate surface area is 110 Å². The van der Waals surface area contributed by atoms with Crippen molar-refractivity contribution in [1.82, 2.24) is 10.6 Å². The maximum Gasteiger partial charge on any atom is 0.251 e. The van der Waals surface area contributed by atoms with Crippen molar-refractivity contribution in [3.63, 3.8) is 0 Å². The molecule has 0 spiro atoms. The van der Waals surface area contributed by atoms with Crippen LogP contribution < -0.4 is 10.6 Å². The molecule has 0 unspecified atom stereocenters. The van der Waals surface area contributed by atoms with Gasteiger partial charge in [-0.3, -0.25) is 4.79 Å². The Balaban J connectivity index is 2.63. The number of rotatable bonds is 5. The fourth-order valence-corrected chi connectivity index (χ4v) is 1.85. The van der Waals surface area contributed by atoms with Crippen molar-refractivity contribution < 1.29 is 4.79 Å². The van der Waals surface area contributed by atoms with Gasteiger partial charge in [0.25, 0.3) is 5.91 Å². The molecular formula is C15H24N2O. The van der Waals surface area contributed by atoms with E-state index in [2.05, 4.69) is 24.5 Å². The van der Waals surface area contributed by atoms with E-state index in [1.165, 1.54) is 5.56 Å². The molecule has 0 fully saturated rings. The van der Waals surface area contributed by atoms with E-state index in [1.807, 2.05) is 39.1 Å². The summed E-state index contributed by atoms with van der Waals surface area (Å²) in [5, 5.41) is 6.13. The summed E-state index contributed by atoms with van der Waals surface area (Å²) in [7, 11) is 1.92. The molecule has 0 bridgehead atoms. The second-order valence-electron chi connectivity index (χ2n) is 5.68. The smallest absolute Gasteiger partial charge is 0.251 e. The highest BCUT2D eigenvalue weighted by molar-refractivity contribution is 5.94. The van der Waals surface area contributed by atoms with Crippen LogP contribution in [0.1, 0.15) is 35.3 Å². The zero-order chi connectivity index (χ0) is 13.8. The van der Waals surface area contributed by atoms with Crippen LogP contribution in [-0.4, -0.2) is 26.0 Å². The van der Waals surface area contributed by atoms with Gasteiger partial charge in [0.1, 0.15) is 0 Å². The van der Waals surface area contributed by atoms with Gasteiger partial charge in [-0.05, 0) is 49.6 Å². The number of carbonyl (C=O) groups excluding carboxylic acids is 1. The van der Waals surface area contributed by atoms with E-state index in [0.717, 1.165) is 17.7 Å². The van der Waals surface area contributed by atoms with Crippen LogP contribution in [0, 0.1) is 19.3 Å². The minimum Gasteiger partial charge on any atom is -0.351 e. The zero-order valence-corrected chi connectivity index (χ0v) is 12.1. The molecule has 1 aromatic rings. The van der Waals surface area contributed by atoms with Crippen LogP contribution in [0.25, 0.3) is 0 Å². The number of nitrogens with one attached hydrogen (secondary N) is 2. The van der Waals surface area contributed by atoms with Crippen LogP contribution in [0.3, 0.4) is 0 Å². The molecule has 3 nitrogen and oxygen atoms in total. The molecule has 0 aliphatic rings.